The van der Waals surface area contributed by atoms with E-state index < -0.39 is 0 Å². The van der Waals surface area contributed by atoms with Gasteiger partial charge in [0.15, 0.2) is 0 Å². The van der Waals surface area contributed by atoms with Crippen molar-refractivity contribution in [3.8, 4) is 0 Å². The predicted molar refractivity (Wildman–Crippen MR) is 80.8 cm³/mol. The van der Waals surface area contributed by atoms with E-state index in [9.17, 15) is 0 Å². The Morgan fingerprint density at radius 3 is 2.84 bits per heavy atom. The molecule has 98 valence electrons. The highest BCUT2D eigenvalue weighted by Gasteiger charge is 2.25. The fraction of sp³-hybridized carbons (Fsp3) is 0.294. The number of nitrogens with one attached hydrogen (secondary N) is 1. The van der Waals surface area contributed by atoms with E-state index in [1.165, 1.54) is 23.1 Å². The maximum Gasteiger partial charge on any atom is 0.0409 e. The van der Waals surface area contributed by atoms with Gasteiger partial charge in [0.25, 0.3) is 0 Å². The van der Waals surface area contributed by atoms with Crippen LogP contribution in [0.5, 0.6) is 0 Å². The topological polar surface area (TPSA) is 12.0 Å². The molecule has 2 heteroatoms. The lowest BCUT2D eigenvalue weighted by atomic mass is 9.77. The molecule has 1 N–H and O–H groups in total. The molecule has 0 saturated heterocycles. The fourth-order valence-electron chi connectivity index (χ4n) is 2.76. The lowest BCUT2D eigenvalue weighted by Gasteiger charge is -2.31. The average molecular weight is 272 g/mol. The zero-order chi connectivity index (χ0) is 13.2. The maximum atomic E-state index is 6.03. The SMILES string of the molecule is C[C@@H](NCC1Cc2ccccc21)c1cccc(Cl)c1. The monoisotopic (exact) mass is 271 g/mol. The second kappa shape index (κ2) is 5.36. The van der Waals surface area contributed by atoms with E-state index >= 15 is 0 Å². The van der Waals surface area contributed by atoms with E-state index in [4.69, 9.17) is 11.6 Å². The van der Waals surface area contributed by atoms with E-state index in [0.29, 0.717) is 12.0 Å². The molecule has 0 bridgehead atoms. The molecule has 0 saturated carbocycles. The first-order valence-electron chi connectivity index (χ1n) is 6.80. The minimum Gasteiger partial charge on any atom is -0.310 e. The summed E-state index contributed by atoms with van der Waals surface area (Å²) in [4.78, 5) is 0. The molecular weight excluding hydrogens is 254 g/mol. The molecule has 1 unspecified atom stereocenters. The van der Waals surface area contributed by atoms with Crippen LogP contribution >= 0.6 is 11.6 Å². The molecule has 1 aliphatic carbocycles. The summed E-state index contributed by atoms with van der Waals surface area (Å²) in [5.74, 6) is 0.665. The van der Waals surface area contributed by atoms with Crippen molar-refractivity contribution in [3.63, 3.8) is 0 Å². The number of hydrogen-bond acceptors (Lipinski definition) is 1. The number of hydrogen-bond donors (Lipinski definition) is 1. The molecule has 0 aromatic heterocycles. The van der Waals surface area contributed by atoms with Crippen LogP contribution in [0, 0.1) is 0 Å². The highest BCUT2D eigenvalue weighted by Crippen LogP contribution is 2.34. The standard InChI is InChI=1S/C17H18ClN/c1-12(13-6-4-7-16(18)10-13)19-11-15-9-14-5-2-3-8-17(14)15/h2-8,10,12,15,19H,9,11H2,1H3/t12-,15?/m1/s1. The molecule has 1 aliphatic rings. The van der Waals surface area contributed by atoms with Crippen molar-refractivity contribution < 1.29 is 0 Å². The first-order chi connectivity index (χ1) is 9.24. The van der Waals surface area contributed by atoms with E-state index in [2.05, 4.69) is 42.6 Å². The number of fused-ring (bicyclic) bond motifs is 1. The van der Waals surface area contributed by atoms with Crippen molar-refractivity contribution in [2.24, 2.45) is 0 Å². The Balaban J connectivity index is 1.59. The second-order valence-electron chi connectivity index (χ2n) is 5.28. The smallest absolute Gasteiger partial charge is 0.0409 e. The lowest BCUT2D eigenvalue weighted by Crippen LogP contribution is -2.30. The third-order valence-electron chi connectivity index (χ3n) is 3.98. The fourth-order valence-corrected chi connectivity index (χ4v) is 2.96. The first kappa shape index (κ1) is 12.7. The van der Waals surface area contributed by atoms with Crippen molar-refractivity contribution in [2.75, 3.05) is 6.54 Å². The van der Waals surface area contributed by atoms with Crippen LogP contribution in [0.3, 0.4) is 0 Å². The Kier molecular flexibility index (Phi) is 3.58. The molecule has 0 fully saturated rings. The third-order valence-corrected chi connectivity index (χ3v) is 4.22. The van der Waals surface area contributed by atoms with Crippen LogP contribution in [0.2, 0.25) is 5.02 Å². The van der Waals surface area contributed by atoms with Crippen LogP contribution in [0.15, 0.2) is 48.5 Å². The summed E-state index contributed by atoms with van der Waals surface area (Å²) in [6.07, 6.45) is 1.20. The summed E-state index contributed by atoms with van der Waals surface area (Å²) >= 11 is 6.03. The summed E-state index contributed by atoms with van der Waals surface area (Å²) in [6.45, 7) is 3.22. The van der Waals surface area contributed by atoms with Crippen LogP contribution in [0.25, 0.3) is 0 Å². The second-order valence-corrected chi connectivity index (χ2v) is 5.72. The van der Waals surface area contributed by atoms with Gasteiger partial charge in [0, 0.05) is 23.5 Å². The van der Waals surface area contributed by atoms with Gasteiger partial charge in [-0.3, -0.25) is 0 Å². The molecule has 2 atom stereocenters. The van der Waals surface area contributed by atoms with Gasteiger partial charge in [-0.2, -0.15) is 0 Å². The summed E-state index contributed by atoms with van der Waals surface area (Å²) < 4.78 is 0. The molecule has 0 spiro atoms. The minimum atomic E-state index is 0.339. The molecule has 0 aliphatic heterocycles. The van der Waals surface area contributed by atoms with Crippen LogP contribution in [0.1, 0.15) is 35.6 Å². The van der Waals surface area contributed by atoms with E-state index in [-0.39, 0.29) is 0 Å². The van der Waals surface area contributed by atoms with Gasteiger partial charge in [0.05, 0.1) is 0 Å². The van der Waals surface area contributed by atoms with Gasteiger partial charge < -0.3 is 5.32 Å². The van der Waals surface area contributed by atoms with E-state index in [0.717, 1.165) is 11.6 Å². The first-order valence-corrected chi connectivity index (χ1v) is 7.18. The number of benzene rings is 2. The average Bonchev–Trinajstić information content (AvgIpc) is 2.39. The van der Waals surface area contributed by atoms with Gasteiger partial charge in [-0.1, -0.05) is 48.0 Å². The molecule has 1 nitrogen and oxygen atoms in total. The van der Waals surface area contributed by atoms with Gasteiger partial charge in [-0.15, -0.1) is 0 Å². The van der Waals surface area contributed by atoms with Crippen molar-refractivity contribution in [1.29, 1.82) is 0 Å². The van der Waals surface area contributed by atoms with E-state index in [1.807, 2.05) is 18.2 Å². The van der Waals surface area contributed by atoms with Crippen molar-refractivity contribution in [2.45, 2.75) is 25.3 Å². The van der Waals surface area contributed by atoms with E-state index in [1.54, 1.807) is 0 Å². The number of halogens is 1. The van der Waals surface area contributed by atoms with Gasteiger partial charge >= 0.3 is 0 Å². The quantitative estimate of drug-likeness (QED) is 0.873. The number of rotatable bonds is 4. The van der Waals surface area contributed by atoms with Crippen LogP contribution in [-0.4, -0.2) is 6.54 Å². The molecule has 19 heavy (non-hydrogen) atoms. The Morgan fingerprint density at radius 1 is 1.21 bits per heavy atom. The summed E-state index contributed by atoms with van der Waals surface area (Å²) in [5, 5.41) is 4.42. The molecule has 0 heterocycles. The summed E-state index contributed by atoms with van der Waals surface area (Å²) in [6, 6.07) is 17.1. The molecule has 2 aromatic rings. The minimum absolute atomic E-state index is 0.339. The van der Waals surface area contributed by atoms with Crippen molar-refractivity contribution >= 4 is 11.6 Å². The molecule has 0 amide bonds. The molecule has 0 radical (unpaired) electrons. The van der Waals surface area contributed by atoms with Crippen molar-refractivity contribution in [1.82, 2.24) is 5.32 Å². The highest BCUT2D eigenvalue weighted by atomic mass is 35.5. The summed E-state index contributed by atoms with van der Waals surface area (Å²) in [5.41, 5.74) is 4.26. The highest BCUT2D eigenvalue weighted by molar-refractivity contribution is 6.30. The lowest BCUT2D eigenvalue weighted by molar-refractivity contribution is 0.489. The Hall–Kier alpha value is -1.31. The van der Waals surface area contributed by atoms with Gasteiger partial charge in [-0.05, 0) is 42.2 Å². The Bertz CT molecular complexity index is 579. The van der Waals surface area contributed by atoms with Crippen LogP contribution < -0.4 is 5.32 Å². The Morgan fingerprint density at radius 2 is 2.05 bits per heavy atom. The van der Waals surface area contributed by atoms with Crippen molar-refractivity contribution in [3.05, 3.63) is 70.2 Å². The predicted octanol–water partition coefficient (Wildman–Crippen LogP) is 4.33. The van der Waals surface area contributed by atoms with Gasteiger partial charge in [-0.25, -0.2) is 0 Å². The van der Waals surface area contributed by atoms with Gasteiger partial charge in [0.2, 0.25) is 0 Å². The zero-order valence-corrected chi connectivity index (χ0v) is 11.8. The normalized spacial score (nSPS) is 18.5. The molecular formula is C17H18ClN. The summed E-state index contributed by atoms with van der Waals surface area (Å²) in [7, 11) is 0. The molecule has 3 rings (SSSR count). The van der Waals surface area contributed by atoms with Crippen LogP contribution in [0.4, 0.5) is 0 Å². The largest absolute Gasteiger partial charge is 0.310 e. The Labute approximate surface area is 119 Å². The van der Waals surface area contributed by atoms with Crippen LogP contribution in [-0.2, 0) is 6.42 Å². The maximum absolute atomic E-state index is 6.03. The molecule has 2 aromatic carbocycles. The zero-order valence-electron chi connectivity index (χ0n) is 11.1. The third kappa shape index (κ3) is 2.68. The van der Waals surface area contributed by atoms with Gasteiger partial charge in [0.1, 0.15) is 0 Å².